The molecule has 2 rings (SSSR count). The fourth-order valence-electron chi connectivity index (χ4n) is 1.52. The fraction of sp³-hybridized carbons (Fsp3) is 0.273. The summed E-state index contributed by atoms with van der Waals surface area (Å²) in [4.78, 5) is 11.5. The Morgan fingerprint density at radius 2 is 2.28 bits per heavy atom. The number of aromatic nitrogens is 4. The van der Waals surface area contributed by atoms with Crippen LogP contribution in [0.25, 0.3) is 5.69 Å². The van der Waals surface area contributed by atoms with Crippen LogP contribution in [0.2, 0.25) is 0 Å². The van der Waals surface area contributed by atoms with Gasteiger partial charge in [-0.15, -0.1) is 5.10 Å². The van der Waals surface area contributed by atoms with E-state index in [0.717, 1.165) is 11.3 Å². The van der Waals surface area contributed by atoms with Crippen LogP contribution >= 0.6 is 0 Å². The molecule has 18 heavy (non-hydrogen) atoms. The summed E-state index contributed by atoms with van der Waals surface area (Å²) >= 11 is 0. The summed E-state index contributed by atoms with van der Waals surface area (Å²) in [6.07, 6.45) is 1.52. The molecule has 94 valence electrons. The van der Waals surface area contributed by atoms with Gasteiger partial charge in [0.1, 0.15) is 6.33 Å². The minimum Gasteiger partial charge on any atom is -0.325 e. The molecule has 0 fully saturated rings. The topological polar surface area (TPSA) is 98.7 Å². The summed E-state index contributed by atoms with van der Waals surface area (Å²) in [5.41, 5.74) is 8.00. The van der Waals surface area contributed by atoms with E-state index in [-0.39, 0.29) is 5.91 Å². The van der Waals surface area contributed by atoms with Crippen molar-refractivity contribution in [2.24, 2.45) is 5.73 Å². The van der Waals surface area contributed by atoms with Gasteiger partial charge in [0.2, 0.25) is 5.91 Å². The van der Waals surface area contributed by atoms with Gasteiger partial charge in [0.05, 0.1) is 11.7 Å². The van der Waals surface area contributed by atoms with Crippen LogP contribution in [0.3, 0.4) is 0 Å². The fourth-order valence-corrected chi connectivity index (χ4v) is 1.52. The lowest BCUT2D eigenvalue weighted by atomic mass is 10.1. The highest BCUT2D eigenvalue weighted by Gasteiger charge is 2.09. The van der Waals surface area contributed by atoms with Crippen molar-refractivity contribution in [2.45, 2.75) is 19.9 Å². The molecular formula is C11H14N6O. The van der Waals surface area contributed by atoms with Crippen LogP contribution in [0.4, 0.5) is 5.69 Å². The van der Waals surface area contributed by atoms with Crippen molar-refractivity contribution in [1.82, 2.24) is 20.2 Å². The summed E-state index contributed by atoms with van der Waals surface area (Å²) in [6, 6.07) is 4.92. The first-order valence-corrected chi connectivity index (χ1v) is 5.48. The molecule has 0 aliphatic rings. The first kappa shape index (κ1) is 12.2. The number of tetrazole rings is 1. The maximum atomic E-state index is 11.5. The lowest BCUT2D eigenvalue weighted by Gasteiger charge is -2.10. The number of hydrogen-bond acceptors (Lipinski definition) is 5. The number of anilines is 1. The average Bonchev–Trinajstić information content (AvgIpc) is 2.82. The third kappa shape index (κ3) is 2.51. The Morgan fingerprint density at radius 1 is 1.50 bits per heavy atom. The molecule has 3 N–H and O–H groups in total. The summed E-state index contributed by atoms with van der Waals surface area (Å²) in [5, 5.41) is 13.7. The zero-order valence-corrected chi connectivity index (χ0v) is 10.2. The van der Waals surface area contributed by atoms with Gasteiger partial charge in [0, 0.05) is 5.69 Å². The van der Waals surface area contributed by atoms with E-state index in [9.17, 15) is 4.79 Å². The van der Waals surface area contributed by atoms with E-state index in [4.69, 9.17) is 5.73 Å². The highest BCUT2D eigenvalue weighted by molar-refractivity contribution is 5.94. The number of rotatable bonds is 3. The van der Waals surface area contributed by atoms with Gasteiger partial charge in [-0.3, -0.25) is 4.79 Å². The minimum absolute atomic E-state index is 0.218. The maximum Gasteiger partial charge on any atom is 0.240 e. The van der Waals surface area contributed by atoms with E-state index in [2.05, 4.69) is 20.8 Å². The molecule has 1 aromatic heterocycles. The van der Waals surface area contributed by atoms with Crippen LogP contribution in [0.1, 0.15) is 12.5 Å². The Balaban J connectivity index is 2.23. The number of carbonyl (C=O) groups is 1. The second-order valence-electron chi connectivity index (χ2n) is 4.03. The third-order valence-corrected chi connectivity index (χ3v) is 2.47. The molecule has 0 saturated heterocycles. The Morgan fingerprint density at radius 3 is 2.83 bits per heavy atom. The molecule has 1 atom stereocenters. The zero-order chi connectivity index (χ0) is 13.1. The van der Waals surface area contributed by atoms with Gasteiger partial charge in [0.25, 0.3) is 0 Å². The molecule has 0 radical (unpaired) electrons. The van der Waals surface area contributed by atoms with Crippen LogP contribution in [0, 0.1) is 6.92 Å². The molecule has 0 aliphatic carbocycles. The van der Waals surface area contributed by atoms with Gasteiger partial charge < -0.3 is 11.1 Å². The molecule has 7 nitrogen and oxygen atoms in total. The Hall–Kier alpha value is -2.28. The highest BCUT2D eigenvalue weighted by atomic mass is 16.2. The molecule has 1 amide bonds. The summed E-state index contributed by atoms with van der Waals surface area (Å²) in [6.45, 7) is 3.55. The molecule has 0 unspecified atom stereocenters. The number of nitrogens with two attached hydrogens (primary N) is 1. The molecule has 7 heteroatoms. The lowest BCUT2D eigenvalue weighted by molar-refractivity contribution is -0.117. The second kappa shape index (κ2) is 4.92. The van der Waals surface area contributed by atoms with Crippen molar-refractivity contribution in [1.29, 1.82) is 0 Å². The Kier molecular flexibility index (Phi) is 3.33. The Labute approximate surface area is 104 Å². The van der Waals surface area contributed by atoms with E-state index >= 15 is 0 Å². The van der Waals surface area contributed by atoms with E-state index in [1.54, 1.807) is 17.7 Å². The molecule has 0 spiro atoms. The largest absolute Gasteiger partial charge is 0.325 e. The second-order valence-corrected chi connectivity index (χ2v) is 4.03. The first-order chi connectivity index (χ1) is 8.58. The summed E-state index contributed by atoms with van der Waals surface area (Å²) in [7, 11) is 0. The van der Waals surface area contributed by atoms with Gasteiger partial charge in [0.15, 0.2) is 0 Å². The van der Waals surface area contributed by atoms with Gasteiger partial charge in [-0.25, -0.2) is 4.68 Å². The first-order valence-electron chi connectivity index (χ1n) is 5.48. The quantitative estimate of drug-likeness (QED) is 0.809. The van der Waals surface area contributed by atoms with Crippen LogP contribution in [0.5, 0.6) is 0 Å². The zero-order valence-electron chi connectivity index (χ0n) is 10.2. The number of nitrogens with zero attached hydrogens (tertiary/aromatic N) is 4. The van der Waals surface area contributed by atoms with Gasteiger partial charge in [-0.2, -0.15) is 0 Å². The van der Waals surface area contributed by atoms with Crippen molar-refractivity contribution < 1.29 is 4.79 Å². The van der Waals surface area contributed by atoms with Crippen molar-refractivity contribution >= 4 is 11.6 Å². The summed E-state index contributed by atoms with van der Waals surface area (Å²) < 4.78 is 1.56. The SMILES string of the molecule is Cc1cc(NC(=O)[C@H](C)N)ccc1-n1cnnn1. The number of hydrogen-bond donors (Lipinski definition) is 2. The molecule has 1 aromatic carbocycles. The van der Waals surface area contributed by atoms with Gasteiger partial charge >= 0.3 is 0 Å². The lowest BCUT2D eigenvalue weighted by Crippen LogP contribution is -2.32. The summed E-state index contributed by atoms with van der Waals surface area (Å²) in [5.74, 6) is -0.218. The number of aryl methyl sites for hydroxylation is 1. The third-order valence-electron chi connectivity index (χ3n) is 2.47. The van der Waals surface area contributed by atoms with Crippen molar-refractivity contribution in [3.05, 3.63) is 30.1 Å². The molecule has 0 saturated carbocycles. The molecular weight excluding hydrogens is 232 g/mol. The van der Waals surface area contributed by atoms with Crippen LogP contribution in [-0.2, 0) is 4.79 Å². The Bertz CT molecular complexity index is 549. The number of nitrogens with one attached hydrogen (secondary N) is 1. The number of carbonyl (C=O) groups excluding carboxylic acids is 1. The smallest absolute Gasteiger partial charge is 0.240 e. The van der Waals surface area contributed by atoms with Crippen molar-refractivity contribution in [3.8, 4) is 5.69 Å². The van der Waals surface area contributed by atoms with Crippen molar-refractivity contribution in [3.63, 3.8) is 0 Å². The molecule has 1 heterocycles. The number of amides is 1. The highest BCUT2D eigenvalue weighted by Crippen LogP contribution is 2.17. The van der Waals surface area contributed by atoms with E-state index in [1.807, 2.05) is 19.1 Å². The average molecular weight is 246 g/mol. The molecule has 0 aliphatic heterocycles. The predicted molar refractivity (Wildman–Crippen MR) is 66.2 cm³/mol. The standard InChI is InChI=1S/C11H14N6O/c1-7-5-9(14-11(18)8(2)12)3-4-10(7)17-6-13-15-16-17/h3-6,8H,12H2,1-2H3,(H,14,18)/t8-/m0/s1. The van der Waals surface area contributed by atoms with E-state index < -0.39 is 6.04 Å². The maximum absolute atomic E-state index is 11.5. The minimum atomic E-state index is -0.538. The number of benzene rings is 1. The normalized spacial score (nSPS) is 12.2. The van der Waals surface area contributed by atoms with Gasteiger partial charge in [-0.05, 0) is 48.0 Å². The van der Waals surface area contributed by atoms with Crippen LogP contribution < -0.4 is 11.1 Å². The predicted octanol–water partition coefficient (Wildman–Crippen LogP) is 0.256. The van der Waals surface area contributed by atoms with Crippen molar-refractivity contribution in [2.75, 3.05) is 5.32 Å². The van der Waals surface area contributed by atoms with E-state index in [0.29, 0.717) is 5.69 Å². The van der Waals surface area contributed by atoms with Crippen LogP contribution in [0.15, 0.2) is 24.5 Å². The monoisotopic (exact) mass is 246 g/mol. The van der Waals surface area contributed by atoms with E-state index in [1.165, 1.54) is 6.33 Å². The molecule has 2 aromatic rings. The molecule has 0 bridgehead atoms. The van der Waals surface area contributed by atoms with Crippen LogP contribution in [-0.4, -0.2) is 32.2 Å². The van der Waals surface area contributed by atoms with Gasteiger partial charge in [-0.1, -0.05) is 0 Å².